The van der Waals surface area contributed by atoms with E-state index >= 15 is 0 Å². The lowest BCUT2D eigenvalue weighted by Gasteiger charge is -2.24. The summed E-state index contributed by atoms with van der Waals surface area (Å²) in [6.45, 7) is 4.15. The number of rotatable bonds is 5. The average Bonchev–Trinajstić information content (AvgIpc) is 2.85. The summed E-state index contributed by atoms with van der Waals surface area (Å²) in [5.41, 5.74) is 2.19. The zero-order chi connectivity index (χ0) is 13.7. The van der Waals surface area contributed by atoms with Crippen molar-refractivity contribution in [2.75, 3.05) is 13.7 Å². The molecule has 0 spiro atoms. The molecule has 19 heavy (non-hydrogen) atoms. The number of hydrogen-bond acceptors (Lipinski definition) is 3. The highest BCUT2D eigenvalue weighted by atomic mass is 16.5. The third kappa shape index (κ3) is 3.48. The summed E-state index contributed by atoms with van der Waals surface area (Å²) in [4.78, 5) is 0. The van der Waals surface area contributed by atoms with Gasteiger partial charge in [0.2, 0.25) is 0 Å². The van der Waals surface area contributed by atoms with Gasteiger partial charge >= 0.3 is 0 Å². The van der Waals surface area contributed by atoms with E-state index in [0.717, 1.165) is 24.4 Å². The molecule has 102 valence electrons. The largest absolute Gasteiger partial charge is 0.496 e. The molecule has 1 N–H and O–H groups in total. The first kappa shape index (κ1) is 13.9. The minimum Gasteiger partial charge on any atom is -0.496 e. The topological polar surface area (TPSA) is 45.0 Å². The maximum atomic E-state index is 8.95. The highest BCUT2D eigenvalue weighted by molar-refractivity contribution is 5.41. The van der Waals surface area contributed by atoms with E-state index in [4.69, 9.17) is 10.00 Å². The molecule has 1 aliphatic carbocycles. The summed E-state index contributed by atoms with van der Waals surface area (Å²) in [5, 5.41) is 12.5. The molecule has 2 rings (SSSR count). The van der Waals surface area contributed by atoms with Gasteiger partial charge in [0.1, 0.15) is 5.75 Å². The number of benzene rings is 1. The van der Waals surface area contributed by atoms with Gasteiger partial charge in [-0.1, -0.05) is 19.8 Å². The molecule has 3 nitrogen and oxygen atoms in total. The second kappa shape index (κ2) is 6.08. The minimum atomic E-state index is 0.445. The maximum Gasteiger partial charge on any atom is 0.123 e. The molecular formula is C16H22N2O. The zero-order valence-corrected chi connectivity index (χ0v) is 11.8. The van der Waals surface area contributed by atoms with Gasteiger partial charge in [0, 0.05) is 18.7 Å². The van der Waals surface area contributed by atoms with Gasteiger partial charge < -0.3 is 10.1 Å². The summed E-state index contributed by atoms with van der Waals surface area (Å²) in [7, 11) is 1.67. The molecule has 1 aromatic carbocycles. The monoisotopic (exact) mass is 258 g/mol. The summed E-state index contributed by atoms with van der Waals surface area (Å²) in [6, 6.07) is 7.74. The predicted molar refractivity (Wildman–Crippen MR) is 76.0 cm³/mol. The van der Waals surface area contributed by atoms with E-state index in [1.807, 2.05) is 12.1 Å². The number of methoxy groups -OCH3 is 1. The molecular weight excluding hydrogens is 236 g/mol. The fourth-order valence-corrected chi connectivity index (χ4v) is 2.89. The van der Waals surface area contributed by atoms with Crippen molar-refractivity contribution in [1.82, 2.24) is 5.32 Å². The van der Waals surface area contributed by atoms with Crippen molar-refractivity contribution >= 4 is 0 Å². The number of hydrogen-bond donors (Lipinski definition) is 1. The molecule has 0 amide bonds. The highest BCUT2D eigenvalue weighted by Gasteiger charge is 2.27. The third-order valence-corrected chi connectivity index (χ3v) is 4.09. The fraction of sp³-hybridized carbons (Fsp3) is 0.562. The highest BCUT2D eigenvalue weighted by Crippen LogP contribution is 2.36. The van der Waals surface area contributed by atoms with Crippen LogP contribution in [0.3, 0.4) is 0 Å². The second-order valence-corrected chi connectivity index (χ2v) is 5.76. The van der Waals surface area contributed by atoms with Crippen molar-refractivity contribution in [3.05, 3.63) is 29.3 Å². The standard InChI is InChI=1S/C16H22N2O/c1-16(7-3-4-8-16)12-18-11-14-9-13(10-17)5-6-15(14)19-2/h5-6,9,18H,3-4,7-8,11-12H2,1-2H3. The van der Waals surface area contributed by atoms with E-state index in [2.05, 4.69) is 18.3 Å². The van der Waals surface area contributed by atoms with Gasteiger partial charge in [-0.3, -0.25) is 0 Å². The van der Waals surface area contributed by atoms with Crippen molar-refractivity contribution in [3.63, 3.8) is 0 Å². The van der Waals surface area contributed by atoms with Crippen molar-refractivity contribution in [1.29, 1.82) is 5.26 Å². The Bertz CT molecular complexity index is 470. The van der Waals surface area contributed by atoms with Gasteiger partial charge in [-0.25, -0.2) is 0 Å². The van der Waals surface area contributed by atoms with Crippen LogP contribution in [0.15, 0.2) is 18.2 Å². The first-order valence-corrected chi connectivity index (χ1v) is 6.95. The number of nitrogens with zero attached hydrogens (tertiary/aromatic N) is 1. The molecule has 1 aromatic rings. The molecule has 0 aromatic heterocycles. The molecule has 0 aliphatic heterocycles. The Morgan fingerprint density at radius 2 is 2.11 bits per heavy atom. The lowest BCUT2D eigenvalue weighted by molar-refractivity contribution is 0.313. The van der Waals surface area contributed by atoms with Crippen LogP contribution < -0.4 is 10.1 Å². The normalized spacial score (nSPS) is 17.1. The van der Waals surface area contributed by atoms with Crippen molar-refractivity contribution in [2.45, 2.75) is 39.2 Å². The van der Waals surface area contributed by atoms with E-state index in [1.54, 1.807) is 13.2 Å². The molecule has 0 unspecified atom stereocenters. The minimum absolute atomic E-state index is 0.445. The average molecular weight is 258 g/mol. The van der Waals surface area contributed by atoms with Crippen LogP contribution >= 0.6 is 0 Å². The molecule has 0 bridgehead atoms. The Morgan fingerprint density at radius 1 is 1.37 bits per heavy atom. The SMILES string of the molecule is COc1ccc(C#N)cc1CNCC1(C)CCCC1. The van der Waals surface area contributed by atoms with E-state index in [0.29, 0.717) is 11.0 Å². The van der Waals surface area contributed by atoms with Gasteiger partial charge in [0.05, 0.1) is 18.7 Å². The quantitative estimate of drug-likeness (QED) is 0.882. The first-order valence-electron chi connectivity index (χ1n) is 6.95. The molecule has 3 heteroatoms. The smallest absolute Gasteiger partial charge is 0.123 e. The molecule has 1 fully saturated rings. The van der Waals surface area contributed by atoms with Crippen LogP contribution in [0.4, 0.5) is 0 Å². The van der Waals surface area contributed by atoms with Crippen LogP contribution in [0.2, 0.25) is 0 Å². The van der Waals surface area contributed by atoms with E-state index < -0.39 is 0 Å². The Hall–Kier alpha value is -1.53. The summed E-state index contributed by atoms with van der Waals surface area (Å²) >= 11 is 0. The Morgan fingerprint density at radius 3 is 2.74 bits per heavy atom. The van der Waals surface area contributed by atoms with E-state index in [1.165, 1.54) is 25.7 Å². The molecule has 0 saturated heterocycles. The van der Waals surface area contributed by atoms with Crippen LogP contribution in [0, 0.1) is 16.7 Å². The Balaban J connectivity index is 1.96. The molecule has 0 radical (unpaired) electrons. The van der Waals surface area contributed by atoms with Crippen LogP contribution in [0.5, 0.6) is 5.75 Å². The van der Waals surface area contributed by atoms with Gasteiger partial charge in [0.15, 0.2) is 0 Å². The van der Waals surface area contributed by atoms with Gasteiger partial charge in [-0.05, 0) is 36.5 Å². The summed E-state index contributed by atoms with van der Waals surface area (Å²) in [5.74, 6) is 0.850. The lowest BCUT2D eigenvalue weighted by atomic mass is 9.89. The van der Waals surface area contributed by atoms with Crippen LogP contribution in [-0.4, -0.2) is 13.7 Å². The first-order chi connectivity index (χ1) is 9.17. The molecule has 1 saturated carbocycles. The van der Waals surface area contributed by atoms with Gasteiger partial charge in [0.25, 0.3) is 0 Å². The van der Waals surface area contributed by atoms with Crippen molar-refractivity contribution in [3.8, 4) is 11.8 Å². The predicted octanol–water partition coefficient (Wildman–Crippen LogP) is 3.24. The lowest BCUT2D eigenvalue weighted by Crippen LogP contribution is -2.29. The van der Waals surface area contributed by atoms with Crippen LogP contribution in [-0.2, 0) is 6.54 Å². The van der Waals surface area contributed by atoms with Crippen LogP contribution in [0.1, 0.15) is 43.7 Å². The number of nitriles is 1. The zero-order valence-electron chi connectivity index (χ0n) is 11.8. The summed E-state index contributed by atoms with van der Waals surface area (Å²) in [6.07, 6.45) is 5.33. The van der Waals surface area contributed by atoms with Crippen molar-refractivity contribution < 1.29 is 4.74 Å². The fourth-order valence-electron chi connectivity index (χ4n) is 2.89. The Kier molecular flexibility index (Phi) is 4.44. The molecule has 0 atom stereocenters. The molecule has 0 heterocycles. The van der Waals surface area contributed by atoms with E-state index in [-0.39, 0.29) is 0 Å². The Labute approximate surface area is 115 Å². The maximum absolute atomic E-state index is 8.95. The van der Waals surface area contributed by atoms with Crippen LogP contribution in [0.25, 0.3) is 0 Å². The summed E-state index contributed by atoms with van der Waals surface area (Å²) < 4.78 is 5.34. The number of nitrogens with one attached hydrogen (secondary N) is 1. The van der Waals surface area contributed by atoms with Gasteiger partial charge in [-0.2, -0.15) is 5.26 Å². The van der Waals surface area contributed by atoms with Crippen molar-refractivity contribution in [2.24, 2.45) is 5.41 Å². The second-order valence-electron chi connectivity index (χ2n) is 5.76. The number of ether oxygens (including phenoxy) is 1. The third-order valence-electron chi connectivity index (χ3n) is 4.09. The van der Waals surface area contributed by atoms with E-state index in [9.17, 15) is 0 Å². The van der Waals surface area contributed by atoms with Gasteiger partial charge in [-0.15, -0.1) is 0 Å². The molecule has 1 aliphatic rings.